The van der Waals surface area contributed by atoms with Crippen LogP contribution in [-0.4, -0.2) is 41.2 Å². The van der Waals surface area contributed by atoms with Crippen molar-refractivity contribution in [1.82, 2.24) is 29.5 Å². The monoisotopic (exact) mass is 362 g/mol. The van der Waals surface area contributed by atoms with E-state index >= 15 is 0 Å². The predicted octanol–water partition coefficient (Wildman–Crippen LogP) is 1.96. The number of hydrogen-bond donors (Lipinski definition) is 1. The smallest absolute Gasteiger partial charge is 0.213 e. The molecule has 1 N–H and O–H groups in total. The van der Waals surface area contributed by atoms with E-state index in [2.05, 4.69) is 32.3 Å². The Bertz CT molecular complexity index is 955. The highest BCUT2D eigenvalue weighted by atomic mass is 16.5. The van der Waals surface area contributed by atoms with Gasteiger partial charge in [-0.1, -0.05) is 42.5 Å². The second-order valence-electron chi connectivity index (χ2n) is 6.09. The first-order chi connectivity index (χ1) is 13.2. The fraction of sp³-hybridized carbons (Fsp3) is 0.158. The van der Waals surface area contributed by atoms with Gasteiger partial charge in [0, 0.05) is 0 Å². The van der Waals surface area contributed by atoms with E-state index < -0.39 is 5.72 Å². The molecule has 0 aliphatic heterocycles. The van der Waals surface area contributed by atoms with Gasteiger partial charge >= 0.3 is 0 Å². The van der Waals surface area contributed by atoms with Crippen LogP contribution >= 0.6 is 0 Å². The summed E-state index contributed by atoms with van der Waals surface area (Å²) in [5, 5.41) is 19.2. The average Bonchev–Trinajstić information content (AvgIpc) is 3.42. The van der Waals surface area contributed by atoms with Crippen LogP contribution < -0.4 is 4.74 Å². The average molecular weight is 362 g/mol. The fourth-order valence-corrected chi connectivity index (χ4v) is 2.75. The minimum absolute atomic E-state index is 0.0269. The molecule has 8 nitrogen and oxygen atoms in total. The third-order valence-corrected chi connectivity index (χ3v) is 4.16. The van der Waals surface area contributed by atoms with Gasteiger partial charge in [0.15, 0.2) is 0 Å². The van der Waals surface area contributed by atoms with Crippen molar-refractivity contribution in [3.8, 4) is 16.9 Å². The first-order valence-corrected chi connectivity index (χ1v) is 8.41. The summed E-state index contributed by atoms with van der Waals surface area (Å²) in [5.41, 5.74) is 0.772. The quantitative estimate of drug-likeness (QED) is 0.540. The van der Waals surface area contributed by atoms with Gasteiger partial charge < -0.3 is 9.84 Å². The van der Waals surface area contributed by atoms with E-state index in [1.807, 2.05) is 42.5 Å². The minimum atomic E-state index is -1.46. The lowest BCUT2D eigenvalue weighted by Crippen LogP contribution is -2.44. The Labute approximate surface area is 155 Å². The summed E-state index contributed by atoms with van der Waals surface area (Å²) in [6.45, 7) is 0.0966. The summed E-state index contributed by atoms with van der Waals surface area (Å²) in [5.74, 6) is 0.645. The minimum Gasteiger partial charge on any atom is -0.488 e. The lowest BCUT2D eigenvalue weighted by molar-refractivity contribution is -0.0987. The summed E-state index contributed by atoms with van der Waals surface area (Å²) in [6, 6.07) is 17.8. The van der Waals surface area contributed by atoms with Crippen LogP contribution in [0.5, 0.6) is 5.75 Å². The van der Waals surface area contributed by atoms with E-state index in [0.717, 1.165) is 11.1 Å². The Morgan fingerprint density at radius 1 is 0.852 bits per heavy atom. The van der Waals surface area contributed by atoms with Gasteiger partial charge in [-0.2, -0.15) is 10.2 Å². The van der Waals surface area contributed by atoms with Crippen LogP contribution in [0, 0.1) is 0 Å². The molecule has 0 amide bonds. The van der Waals surface area contributed by atoms with E-state index in [1.165, 1.54) is 34.7 Å². The lowest BCUT2D eigenvalue weighted by Gasteiger charge is -2.27. The topological polar surface area (TPSA) is 90.9 Å². The van der Waals surface area contributed by atoms with Crippen molar-refractivity contribution in [2.45, 2.75) is 12.3 Å². The van der Waals surface area contributed by atoms with Crippen molar-refractivity contribution in [3.63, 3.8) is 0 Å². The van der Waals surface area contributed by atoms with Crippen molar-refractivity contribution in [2.24, 2.45) is 0 Å². The van der Waals surface area contributed by atoms with Crippen molar-refractivity contribution >= 4 is 0 Å². The molecular weight excluding hydrogens is 344 g/mol. The highest BCUT2D eigenvalue weighted by Gasteiger charge is 2.32. The highest BCUT2D eigenvalue weighted by molar-refractivity contribution is 5.63. The van der Waals surface area contributed by atoms with Gasteiger partial charge in [0.2, 0.25) is 5.72 Å². The van der Waals surface area contributed by atoms with Crippen LogP contribution in [0.2, 0.25) is 0 Å². The number of rotatable bonds is 7. The number of hydrogen-bond acceptors (Lipinski definition) is 6. The summed E-state index contributed by atoms with van der Waals surface area (Å²) in [7, 11) is 0. The molecule has 2 heterocycles. The van der Waals surface area contributed by atoms with Gasteiger partial charge in [0.1, 0.15) is 37.7 Å². The highest BCUT2D eigenvalue weighted by Crippen LogP contribution is 2.23. The predicted molar refractivity (Wildman–Crippen MR) is 97.6 cm³/mol. The van der Waals surface area contributed by atoms with E-state index in [-0.39, 0.29) is 13.2 Å². The molecule has 0 spiro atoms. The number of nitrogens with zero attached hydrogens (tertiary/aromatic N) is 6. The number of aliphatic hydroxyl groups is 1. The first-order valence-electron chi connectivity index (χ1n) is 8.41. The molecule has 4 aromatic rings. The first kappa shape index (κ1) is 16.9. The molecule has 8 heteroatoms. The Hall–Kier alpha value is -3.52. The van der Waals surface area contributed by atoms with Gasteiger partial charge in [-0.3, -0.25) is 0 Å². The zero-order chi connectivity index (χ0) is 18.5. The Morgan fingerprint density at radius 3 is 2.22 bits per heavy atom. The molecule has 27 heavy (non-hydrogen) atoms. The van der Waals surface area contributed by atoms with Gasteiger partial charge in [0.25, 0.3) is 0 Å². The summed E-state index contributed by atoms with van der Waals surface area (Å²) >= 11 is 0. The van der Waals surface area contributed by atoms with Gasteiger partial charge in [-0.05, 0) is 23.3 Å². The molecule has 1 atom stereocenters. The number of benzene rings is 2. The summed E-state index contributed by atoms with van der Waals surface area (Å²) < 4.78 is 8.71. The maximum Gasteiger partial charge on any atom is 0.213 e. The molecule has 4 rings (SSSR count). The van der Waals surface area contributed by atoms with Crippen LogP contribution in [0.4, 0.5) is 0 Å². The zero-order valence-corrected chi connectivity index (χ0v) is 14.5. The number of ether oxygens (including phenoxy) is 1. The van der Waals surface area contributed by atoms with Crippen LogP contribution in [0.25, 0.3) is 11.1 Å². The fourth-order valence-electron chi connectivity index (χ4n) is 2.75. The normalized spacial score (nSPS) is 13.2. The van der Waals surface area contributed by atoms with E-state index in [0.29, 0.717) is 5.75 Å². The molecule has 0 saturated heterocycles. The zero-order valence-electron chi connectivity index (χ0n) is 14.5. The second kappa shape index (κ2) is 7.38. The third kappa shape index (κ3) is 3.85. The molecule has 0 aliphatic rings. The lowest BCUT2D eigenvalue weighted by atomic mass is 10.1. The van der Waals surface area contributed by atoms with E-state index in [9.17, 15) is 5.11 Å². The SMILES string of the molecule is OC(COc1ccc(-c2ccccc2)cc1)(Cn1cncn1)n1cncn1. The second-order valence-corrected chi connectivity index (χ2v) is 6.09. The maximum absolute atomic E-state index is 11.1. The van der Waals surface area contributed by atoms with Crippen LogP contribution in [-0.2, 0) is 12.3 Å². The molecule has 0 fully saturated rings. The van der Waals surface area contributed by atoms with Crippen LogP contribution in [0.1, 0.15) is 0 Å². The largest absolute Gasteiger partial charge is 0.488 e. The van der Waals surface area contributed by atoms with Gasteiger partial charge in [-0.25, -0.2) is 19.3 Å². The van der Waals surface area contributed by atoms with E-state index in [4.69, 9.17) is 4.74 Å². The van der Waals surface area contributed by atoms with Crippen molar-refractivity contribution in [2.75, 3.05) is 6.61 Å². The van der Waals surface area contributed by atoms with Crippen molar-refractivity contribution in [1.29, 1.82) is 0 Å². The third-order valence-electron chi connectivity index (χ3n) is 4.16. The van der Waals surface area contributed by atoms with Crippen LogP contribution in [0.3, 0.4) is 0 Å². The van der Waals surface area contributed by atoms with Crippen LogP contribution in [0.15, 0.2) is 79.9 Å². The Kier molecular flexibility index (Phi) is 4.63. The molecule has 0 aliphatic carbocycles. The summed E-state index contributed by atoms with van der Waals surface area (Å²) in [6.07, 6.45) is 5.74. The number of aromatic nitrogens is 6. The molecular formula is C19H18N6O2. The molecule has 2 aromatic carbocycles. The Balaban J connectivity index is 1.49. The molecule has 0 saturated carbocycles. The van der Waals surface area contributed by atoms with Crippen molar-refractivity contribution < 1.29 is 9.84 Å². The maximum atomic E-state index is 11.1. The Morgan fingerprint density at radius 2 is 1.56 bits per heavy atom. The van der Waals surface area contributed by atoms with Crippen molar-refractivity contribution in [3.05, 3.63) is 79.9 Å². The van der Waals surface area contributed by atoms with Gasteiger partial charge in [-0.15, -0.1) is 0 Å². The molecule has 0 bridgehead atoms. The molecule has 0 radical (unpaired) electrons. The van der Waals surface area contributed by atoms with E-state index in [1.54, 1.807) is 0 Å². The summed E-state index contributed by atoms with van der Waals surface area (Å²) in [4.78, 5) is 7.81. The standard InChI is InChI=1S/C19H18N6O2/c26-19(25-15-21-13-23-25,10-24-14-20-12-22-24)11-27-18-8-6-17(7-9-18)16-4-2-1-3-5-16/h1-9,12-15,26H,10-11H2. The molecule has 136 valence electrons. The molecule has 2 aromatic heterocycles. The van der Waals surface area contributed by atoms with Gasteiger partial charge in [0.05, 0.1) is 6.54 Å². The molecule has 1 unspecified atom stereocenters.